The molecular weight excluding hydrogens is 234 g/mol. The van der Waals surface area contributed by atoms with Crippen molar-refractivity contribution in [1.82, 2.24) is 14.9 Å². The Bertz CT molecular complexity index is 372. The summed E-state index contributed by atoms with van der Waals surface area (Å²) in [6.07, 6.45) is 13.2. The molecule has 1 aliphatic rings. The second-order valence-corrected chi connectivity index (χ2v) is 6.12. The maximum Gasteiger partial charge on any atom is 0.0951 e. The van der Waals surface area contributed by atoms with E-state index in [1.54, 1.807) is 0 Å². The molecule has 0 bridgehead atoms. The summed E-state index contributed by atoms with van der Waals surface area (Å²) in [4.78, 5) is 4.39. The van der Waals surface area contributed by atoms with E-state index in [0.717, 1.165) is 0 Å². The summed E-state index contributed by atoms with van der Waals surface area (Å²) in [7, 11) is 0. The van der Waals surface area contributed by atoms with Gasteiger partial charge in [-0.05, 0) is 39.5 Å². The molecule has 1 aliphatic heterocycles. The van der Waals surface area contributed by atoms with E-state index in [0.29, 0.717) is 18.1 Å². The van der Waals surface area contributed by atoms with Crippen LogP contribution in [0.2, 0.25) is 0 Å². The number of nitrogens with one attached hydrogen (secondary N) is 1. The highest BCUT2D eigenvalue weighted by atomic mass is 15.1. The van der Waals surface area contributed by atoms with Gasteiger partial charge in [-0.2, -0.15) is 0 Å². The van der Waals surface area contributed by atoms with Gasteiger partial charge in [-0.25, -0.2) is 4.98 Å². The molecule has 1 N–H and O–H groups in total. The first-order valence-corrected chi connectivity index (χ1v) is 8.00. The van der Waals surface area contributed by atoms with Crippen LogP contribution in [-0.4, -0.2) is 15.6 Å². The Morgan fingerprint density at radius 3 is 3.00 bits per heavy atom. The van der Waals surface area contributed by atoms with Crippen molar-refractivity contribution in [1.29, 1.82) is 0 Å². The van der Waals surface area contributed by atoms with Crippen LogP contribution in [0.25, 0.3) is 0 Å². The van der Waals surface area contributed by atoms with Crippen LogP contribution in [0.1, 0.15) is 83.5 Å². The molecule has 0 amide bonds. The fraction of sp³-hybridized carbons (Fsp3) is 0.812. The Morgan fingerprint density at radius 2 is 2.26 bits per heavy atom. The van der Waals surface area contributed by atoms with Gasteiger partial charge in [0.2, 0.25) is 0 Å². The molecule has 0 saturated carbocycles. The monoisotopic (exact) mass is 263 g/mol. The maximum absolute atomic E-state index is 4.39. The van der Waals surface area contributed by atoms with Gasteiger partial charge in [-0.1, -0.05) is 26.2 Å². The number of rotatable bonds is 6. The molecule has 0 radical (unpaired) electrons. The van der Waals surface area contributed by atoms with Crippen LogP contribution in [0.5, 0.6) is 0 Å². The SMILES string of the molecule is CCCCCC(C)n1cncc1C1CCCC(C)N1. The molecule has 108 valence electrons. The van der Waals surface area contributed by atoms with Gasteiger partial charge in [0.05, 0.1) is 12.0 Å². The molecule has 1 aromatic rings. The Hall–Kier alpha value is -0.830. The third-order valence-electron chi connectivity index (χ3n) is 4.37. The highest BCUT2D eigenvalue weighted by Crippen LogP contribution is 2.28. The number of imidazole rings is 1. The molecule has 1 fully saturated rings. The lowest BCUT2D eigenvalue weighted by Gasteiger charge is -2.30. The molecule has 3 unspecified atom stereocenters. The van der Waals surface area contributed by atoms with E-state index in [1.165, 1.54) is 50.6 Å². The summed E-state index contributed by atoms with van der Waals surface area (Å²) in [5, 5.41) is 3.72. The third kappa shape index (κ3) is 3.82. The van der Waals surface area contributed by atoms with Crippen molar-refractivity contribution >= 4 is 0 Å². The third-order valence-corrected chi connectivity index (χ3v) is 4.37. The van der Waals surface area contributed by atoms with Gasteiger partial charge in [0.15, 0.2) is 0 Å². The molecule has 2 rings (SSSR count). The van der Waals surface area contributed by atoms with Gasteiger partial charge in [0.25, 0.3) is 0 Å². The first-order chi connectivity index (χ1) is 9.22. The largest absolute Gasteiger partial charge is 0.330 e. The number of aromatic nitrogens is 2. The highest BCUT2D eigenvalue weighted by Gasteiger charge is 2.23. The average molecular weight is 263 g/mol. The van der Waals surface area contributed by atoms with Gasteiger partial charge < -0.3 is 9.88 Å². The summed E-state index contributed by atoms with van der Waals surface area (Å²) < 4.78 is 2.39. The van der Waals surface area contributed by atoms with Crippen LogP contribution in [0.3, 0.4) is 0 Å². The number of unbranched alkanes of at least 4 members (excludes halogenated alkanes) is 2. The minimum atomic E-state index is 0.500. The molecule has 0 spiro atoms. The molecule has 19 heavy (non-hydrogen) atoms. The normalized spacial score (nSPS) is 25.4. The van der Waals surface area contributed by atoms with Crippen molar-refractivity contribution in [3.8, 4) is 0 Å². The second kappa shape index (κ2) is 7.09. The van der Waals surface area contributed by atoms with Crippen LogP contribution >= 0.6 is 0 Å². The molecule has 1 aromatic heterocycles. The lowest BCUT2D eigenvalue weighted by molar-refractivity contribution is 0.321. The lowest BCUT2D eigenvalue weighted by atomic mass is 9.97. The average Bonchev–Trinajstić information content (AvgIpc) is 2.88. The summed E-state index contributed by atoms with van der Waals surface area (Å²) in [5.74, 6) is 0. The van der Waals surface area contributed by atoms with Crippen molar-refractivity contribution in [3.63, 3.8) is 0 Å². The number of hydrogen-bond acceptors (Lipinski definition) is 2. The first kappa shape index (κ1) is 14.6. The van der Waals surface area contributed by atoms with Crippen molar-refractivity contribution in [3.05, 3.63) is 18.2 Å². The van der Waals surface area contributed by atoms with E-state index < -0.39 is 0 Å². The summed E-state index contributed by atoms with van der Waals surface area (Å²) in [5.41, 5.74) is 1.38. The Kier molecular flexibility index (Phi) is 5.44. The summed E-state index contributed by atoms with van der Waals surface area (Å²) >= 11 is 0. The molecule has 1 saturated heterocycles. The van der Waals surface area contributed by atoms with E-state index in [2.05, 4.69) is 41.8 Å². The van der Waals surface area contributed by atoms with Crippen LogP contribution in [-0.2, 0) is 0 Å². The topological polar surface area (TPSA) is 29.9 Å². The molecule has 3 atom stereocenters. The van der Waals surface area contributed by atoms with Gasteiger partial charge in [-0.15, -0.1) is 0 Å². The van der Waals surface area contributed by atoms with Crippen LogP contribution < -0.4 is 5.32 Å². The van der Waals surface area contributed by atoms with E-state index in [9.17, 15) is 0 Å². The minimum absolute atomic E-state index is 0.500. The summed E-state index contributed by atoms with van der Waals surface area (Å²) in [6, 6.07) is 1.71. The number of nitrogens with zero attached hydrogens (tertiary/aromatic N) is 2. The van der Waals surface area contributed by atoms with Crippen LogP contribution in [0, 0.1) is 0 Å². The predicted octanol–water partition coefficient (Wildman–Crippen LogP) is 4.23. The Labute approximate surface area is 117 Å². The predicted molar refractivity (Wildman–Crippen MR) is 80.3 cm³/mol. The van der Waals surface area contributed by atoms with Crippen LogP contribution in [0.4, 0.5) is 0 Å². The van der Waals surface area contributed by atoms with Crippen molar-refractivity contribution in [2.24, 2.45) is 0 Å². The van der Waals surface area contributed by atoms with Crippen molar-refractivity contribution in [2.75, 3.05) is 0 Å². The highest BCUT2D eigenvalue weighted by molar-refractivity contribution is 5.08. The van der Waals surface area contributed by atoms with E-state index in [-0.39, 0.29) is 0 Å². The smallest absolute Gasteiger partial charge is 0.0951 e. The van der Waals surface area contributed by atoms with Crippen molar-refractivity contribution in [2.45, 2.75) is 83.8 Å². The quantitative estimate of drug-likeness (QED) is 0.778. The van der Waals surface area contributed by atoms with E-state index >= 15 is 0 Å². The van der Waals surface area contributed by atoms with Crippen LogP contribution in [0.15, 0.2) is 12.5 Å². The fourth-order valence-electron chi connectivity index (χ4n) is 3.15. The van der Waals surface area contributed by atoms with Gasteiger partial charge in [-0.3, -0.25) is 0 Å². The lowest BCUT2D eigenvalue weighted by Crippen LogP contribution is -2.35. The molecule has 2 heterocycles. The number of piperidine rings is 1. The van der Waals surface area contributed by atoms with E-state index in [1.807, 2.05) is 6.33 Å². The fourth-order valence-corrected chi connectivity index (χ4v) is 3.15. The molecule has 0 aromatic carbocycles. The van der Waals surface area contributed by atoms with Gasteiger partial charge in [0, 0.05) is 24.3 Å². The first-order valence-electron chi connectivity index (χ1n) is 8.00. The Balaban J connectivity index is 2.00. The zero-order valence-corrected chi connectivity index (χ0v) is 12.7. The standard InChI is InChI=1S/C16H29N3/c1-4-5-6-9-14(3)19-12-17-11-16(19)15-10-7-8-13(2)18-15/h11-15,18H,4-10H2,1-3H3. The van der Waals surface area contributed by atoms with E-state index in [4.69, 9.17) is 0 Å². The number of hydrogen-bond donors (Lipinski definition) is 1. The van der Waals surface area contributed by atoms with Gasteiger partial charge >= 0.3 is 0 Å². The molecular formula is C16H29N3. The molecule has 3 heteroatoms. The van der Waals surface area contributed by atoms with Crippen molar-refractivity contribution < 1.29 is 0 Å². The zero-order valence-electron chi connectivity index (χ0n) is 12.7. The molecule has 3 nitrogen and oxygen atoms in total. The second-order valence-electron chi connectivity index (χ2n) is 6.12. The maximum atomic E-state index is 4.39. The Morgan fingerprint density at radius 1 is 1.42 bits per heavy atom. The molecule has 0 aliphatic carbocycles. The minimum Gasteiger partial charge on any atom is -0.330 e. The zero-order chi connectivity index (χ0) is 13.7. The summed E-state index contributed by atoms with van der Waals surface area (Å²) in [6.45, 7) is 6.88. The van der Waals surface area contributed by atoms with Gasteiger partial charge in [0.1, 0.15) is 0 Å².